The van der Waals surface area contributed by atoms with E-state index in [0.29, 0.717) is 55.8 Å². The van der Waals surface area contributed by atoms with Crippen molar-refractivity contribution in [3.63, 3.8) is 0 Å². The Balaban J connectivity index is 1.39. The number of thioether (sulfide) groups is 1. The van der Waals surface area contributed by atoms with Gasteiger partial charge in [-0.1, -0.05) is 18.7 Å². The second kappa shape index (κ2) is 11.3. The van der Waals surface area contributed by atoms with E-state index in [-0.39, 0.29) is 10.8 Å². The lowest BCUT2D eigenvalue weighted by molar-refractivity contribution is 0.0730. The molecule has 188 valence electrons. The number of carbonyl (C=O) groups is 1. The minimum absolute atomic E-state index is 0.163. The molecular formula is C22H29N7O4S2. The molecule has 0 unspecified atom stereocenters. The third kappa shape index (κ3) is 5.74. The van der Waals surface area contributed by atoms with Gasteiger partial charge in [0.1, 0.15) is 5.82 Å². The third-order valence-electron chi connectivity index (χ3n) is 5.53. The maximum atomic E-state index is 12.8. The summed E-state index contributed by atoms with van der Waals surface area (Å²) in [6.07, 6.45) is 4.62. The van der Waals surface area contributed by atoms with Crippen molar-refractivity contribution in [3.05, 3.63) is 36.0 Å². The number of carbonyl (C=O) groups excluding carboxylic acids is 1. The second-order valence-corrected chi connectivity index (χ2v) is 10.6. The molecule has 0 spiro atoms. The van der Waals surface area contributed by atoms with Crippen LogP contribution < -0.4 is 10.6 Å². The van der Waals surface area contributed by atoms with Crippen molar-refractivity contribution in [3.8, 4) is 0 Å². The molecule has 1 fully saturated rings. The molecule has 0 atom stereocenters. The first kappa shape index (κ1) is 25.4. The van der Waals surface area contributed by atoms with Crippen LogP contribution in [0.4, 0.5) is 5.82 Å². The number of anilines is 1. The topological polar surface area (TPSA) is 131 Å². The molecular weight excluding hydrogens is 490 g/mol. The van der Waals surface area contributed by atoms with Gasteiger partial charge in [-0.2, -0.15) is 9.40 Å². The minimum Gasteiger partial charge on any atom is -0.379 e. The first-order chi connectivity index (χ1) is 16.9. The van der Waals surface area contributed by atoms with Crippen LogP contribution in [-0.2, 0) is 21.3 Å². The van der Waals surface area contributed by atoms with Crippen molar-refractivity contribution in [2.24, 2.45) is 0 Å². The lowest BCUT2D eigenvalue weighted by Gasteiger charge is -2.26. The number of fused-ring (bicyclic) bond motifs is 1. The summed E-state index contributed by atoms with van der Waals surface area (Å²) in [5.41, 5.74) is 1.09. The van der Waals surface area contributed by atoms with E-state index in [1.807, 2.05) is 6.26 Å². The predicted molar refractivity (Wildman–Crippen MR) is 134 cm³/mol. The molecule has 3 heterocycles. The summed E-state index contributed by atoms with van der Waals surface area (Å²) in [6, 6.07) is 5.98. The zero-order valence-electron chi connectivity index (χ0n) is 19.7. The average Bonchev–Trinajstić information content (AvgIpc) is 3.30. The third-order valence-corrected chi connectivity index (χ3v) is 7.99. The monoisotopic (exact) mass is 519 g/mol. The minimum atomic E-state index is -3.60. The second-order valence-electron chi connectivity index (χ2n) is 7.89. The van der Waals surface area contributed by atoms with Crippen molar-refractivity contribution in [1.29, 1.82) is 0 Å². The molecule has 0 radical (unpaired) electrons. The highest BCUT2D eigenvalue weighted by atomic mass is 32.2. The molecule has 2 aromatic heterocycles. The van der Waals surface area contributed by atoms with Gasteiger partial charge in [0, 0.05) is 31.7 Å². The Bertz CT molecular complexity index is 1270. The lowest BCUT2D eigenvalue weighted by Crippen LogP contribution is -2.40. The van der Waals surface area contributed by atoms with E-state index < -0.39 is 10.0 Å². The van der Waals surface area contributed by atoms with Crippen molar-refractivity contribution < 1.29 is 17.9 Å². The van der Waals surface area contributed by atoms with E-state index in [9.17, 15) is 13.2 Å². The largest absolute Gasteiger partial charge is 0.379 e. The van der Waals surface area contributed by atoms with Crippen LogP contribution in [0.2, 0.25) is 0 Å². The van der Waals surface area contributed by atoms with Gasteiger partial charge < -0.3 is 15.4 Å². The number of nitrogens with one attached hydrogen (secondary N) is 2. The zero-order chi connectivity index (χ0) is 24.8. The molecule has 1 amide bonds. The highest BCUT2D eigenvalue weighted by Crippen LogP contribution is 2.23. The van der Waals surface area contributed by atoms with Crippen LogP contribution >= 0.6 is 11.8 Å². The Morgan fingerprint density at radius 1 is 1.14 bits per heavy atom. The fourth-order valence-electron chi connectivity index (χ4n) is 3.66. The normalized spacial score (nSPS) is 14.8. The van der Waals surface area contributed by atoms with Gasteiger partial charge in [-0.25, -0.2) is 23.1 Å². The molecule has 1 aromatic carbocycles. The predicted octanol–water partition coefficient (Wildman–Crippen LogP) is 1.82. The number of aromatic nitrogens is 4. The highest BCUT2D eigenvalue weighted by Gasteiger charge is 2.26. The number of hydrogen-bond acceptors (Lipinski definition) is 9. The molecule has 4 rings (SSSR count). The first-order valence-electron chi connectivity index (χ1n) is 11.4. The SMILES string of the molecule is CCCNc1nc(SC)nc2c1cnn2CCNC(=O)c1ccc(S(=O)(=O)N2CCOCC2)cc1. The number of sulfonamides is 1. The smallest absolute Gasteiger partial charge is 0.251 e. The van der Waals surface area contributed by atoms with E-state index in [1.54, 1.807) is 10.9 Å². The van der Waals surface area contributed by atoms with Crippen LogP contribution in [-0.4, -0.2) is 84.0 Å². The van der Waals surface area contributed by atoms with Crippen LogP contribution in [0.5, 0.6) is 0 Å². The number of rotatable bonds is 10. The van der Waals surface area contributed by atoms with Gasteiger partial charge in [-0.3, -0.25) is 4.79 Å². The zero-order valence-corrected chi connectivity index (χ0v) is 21.4. The van der Waals surface area contributed by atoms with E-state index in [1.165, 1.54) is 40.3 Å². The van der Waals surface area contributed by atoms with E-state index >= 15 is 0 Å². The molecule has 1 saturated heterocycles. The fourth-order valence-corrected chi connectivity index (χ4v) is 5.43. The van der Waals surface area contributed by atoms with Crippen molar-refractivity contribution in [1.82, 2.24) is 29.4 Å². The summed E-state index contributed by atoms with van der Waals surface area (Å²) in [6.45, 7) is 5.06. The summed E-state index contributed by atoms with van der Waals surface area (Å²) in [5.74, 6) is 0.463. The van der Waals surface area contributed by atoms with Gasteiger partial charge in [0.15, 0.2) is 10.8 Å². The Morgan fingerprint density at radius 3 is 2.57 bits per heavy atom. The molecule has 11 nitrogen and oxygen atoms in total. The molecule has 0 saturated carbocycles. The lowest BCUT2D eigenvalue weighted by atomic mass is 10.2. The van der Waals surface area contributed by atoms with E-state index in [2.05, 4.69) is 32.6 Å². The highest BCUT2D eigenvalue weighted by molar-refractivity contribution is 7.98. The summed E-state index contributed by atoms with van der Waals surface area (Å²) in [7, 11) is -3.60. The van der Waals surface area contributed by atoms with Crippen LogP contribution in [0.1, 0.15) is 23.7 Å². The molecule has 3 aromatic rings. The number of hydrogen-bond donors (Lipinski definition) is 2. The maximum Gasteiger partial charge on any atom is 0.251 e. The van der Waals surface area contributed by atoms with Crippen molar-refractivity contribution in [2.75, 3.05) is 51.0 Å². The van der Waals surface area contributed by atoms with Gasteiger partial charge in [0.05, 0.1) is 36.2 Å². The molecule has 2 N–H and O–H groups in total. The Hall–Kier alpha value is -2.74. The Labute approximate surface area is 208 Å². The van der Waals surface area contributed by atoms with Gasteiger partial charge in [0.2, 0.25) is 10.0 Å². The number of morpholine rings is 1. The van der Waals surface area contributed by atoms with Crippen LogP contribution in [0, 0.1) is 0 Å². The van der Waals surface area contributed by atoms with Crippen molar-refractivity contribution >= 4 is 44.5 Å². The van der Waals surface area contributed by atoms with E-state index in [4.69, 9.17) is 4.74 Å². The van der Waals surface area contributed by atoms with Crippen molar-refractivity contribution in [2.45, 2.75) is 29.9 Å². The summed E-state index contributed by atoms with van der Waals surface area (Å²) < 4.78 is 33.9. The quantitative estimate of drug-likeness (QED) is 0.304. The summed E-state index contributed by atoms with van der Waals surface area (Å²) >= 11 is 1.46. The van der Waals surface area contributed by atoms with Crippen LogP contribution in [0.3, 0.4) is 0 Å². The Morgan fingerprint density at radius 2 is 1.89 bits per heavy atom. The molecule has 0 aliphatic carbocycles. The summed E-state index contributed by atoms with van der Waals surface area (Å²) in [4.78, 5) is 21.9. The average molecular weight is 520 g/mol. The molecule has 35 heavy (non-hydrogen) atoms. The number of amides is 1. The molecule has 13 heteroatoms. The molecule has 1 aliphatic heterocycles. The maximum absolute atomic E-state index is 12.8. The van der Waals surface area contributed by atoms with Gasteiger partial charge >= 0.3 is 0 Å². The Kier molecular flexibility index (Phi) is 8.21. The molecule has 1 aliphatic rings. The molecule has 0 bridgehead atoms. The van der Waals surface area contributed by atoms with Crippen LogP contribution in [0.25, 0.3) is 11.0 Å². The van der Waals surface area contributed by atoms with E-state index in [0.717, 1.165) is 24.2 Å². The van der Waals surface area contributed by atoms with Gasteiger partial charge in [0.25, 0.3) is 5.91 Å². The van der Waals surface area contributed by atoms with Crippen LogP contribution in [0.15, 0.2) is 40.5 Å². The first-order valence-corrected chi connectivity index (χ1v) is 14.1. The number of benzene rings is 1. The number of nitrogens with zero attached hydrogens (tertiary/aromatic N) is 5. The number of ether oxygens (including phenoxy) is 1. The fraction of sp³-hybridized carbons (Fsp3) is 0.455. The summed E-state index contributed by atoms with van der Waals surface area (Å²) in [5, 5.41) is 12.1. The van der Waals surface area contributed by atoms with Gasteiger partial charge in [-0.05, 0) is 36.9 Å². The van der Waals surface area contributed by atoms with Gasteiger partial charge in [-0.15, -0.1) is 0 Å². The standard InChI is InChI=1S/C22H29N7O4S2/c1-3-8-23-19-18-15-25-29(20(18)27-22(26-19)34-2)10-9-24-21(30)16-4-6-17(7-5-16)35(31,32)28-11-13-33-14-12-28/h4-7,15H,3,8-14H2,1-2H3,(H,24,30)(H,23,26,27).